The van der Waals surface area contributed by atoms with E-state index in [1.807, 2.05) is 44.2 Å². The van der Waals surface area contributed by atoms with E-state index in [2.05, 4.69) is 6.07 Å². The zero-order chi connectivity index (χ0) is 21.6. The highest BCUT2D eigenvalue weighted by Crippen LogP contribution is 2.50. The summed E-state index contributed by atoms with van der Waals surface area (Å²) < 4.78 is 29.5. The number of hydrogen-bond donors (Lipinski definition) is 1. The van der Waals surface area contributed by atoms with Crippen molar-refractivity contribution in [1.29, 1.82) is 5.26 Å². The minimum Gasteiger partial charge on any atom is -0.384 e. The Bertz CT molecular complexity index is 1120. The van der Waals surface area contributed by atoms with Gasteiger partial charge in [-0.1, -0.05) is 50.2 Å². The van der Waals surface area contributed by atoms with Crippen LogP contribution in [0.1, 0.15) is 38.2 Å². The Morgan fingerprint density at radius 2 is 1.70 bits per heavy atom. The van der Waals surface area contributed by atoms with Gasteiger partial charge in [0.1, 0.15) is 23.1 Å². The third kappa shape index (κ3) is 3.07. The maximum Gasteiger partial charge on any atom is 0.162 e. The molecule has 1 aliphatic heterocycles. The summed E-state index contributed by atoms with van der Waals surface area (Å²) in [6.07, 6.45) is 0.673. The normalized spacial score (nSPS) is 20.8. The number of ketones is 1. The van der Waals surface area contributed by atoms with Crippen molar-refractivity contribution in [2.75, 3.05) is 4.90 Å². The molecule has 0 bridgehead atoms. The van der Waals surface area contributed by atoms with E-state index >= 15 is 0 Å². The van der Waals surface area contributed by atoms with Gasteiger partial charge in [-0.05, 0) is 29.5 Å². The zero-order valence-corrected chi connectivity index (χ0v) is 16.7. The van der Waals surface area contributed by atoms with Crippen LogP contribution < -0.4 is 10.6 Å². The first-order valence-electron chi connectivity index (χ1n) is 9.70. The first-order chi connectivity index (χ1) is 14.2. The number of nitriles is 1. The topological polar surface area (TPSA) is 70.1 Å². The summed E-state index contributed by atoms with van der Waals surface area (Å²) in [6, 6.07) is 14.8. The number of allylic oxidation sites excluding steroid dienone is 3. The van der Waals surface area contributed by atoms with E-state index in [0.29, 0.717) is 17.7 Å². The molecule has 30 heavy (non-hydrogen) atoms. The minimum atomic E-state index is -0.809. The van der Waals surface area contributed by atoms with Crippen LogP contribution in [0.4, 0.5) is 14.5 Å². The maximum atomic E-state index is 14.8. The second-order valence-electron chi connectivity index (χ2n) is 8.46. The van der Waals surface area contributed by atoms with Crippen LogP contribution in [0.2, 0.25) is 0 Å². The number of para-hydroxylation sites is 1. The van der Waals surface area contributed by atoms with Crippen LogP contribution in [-0.4, -0.2) is 5.78 Å². The Morgan fingerprint density at radius 3 is 2.30 bits per heavy atom. The lowest BCUT2D eigenvalue weighted by atomic mass is 9.68. The van der Waals surface area contributed by atoms with Crippen LogP contribution in [0.3, 0.4) is 0 Å². The molecule has 4 nitrogen and oxygen atoms in total. The van der Waals surface area contributed by atoms with Gasteiger partial charge in [0.05, 0.1) is 17.6 Å². The van der Waals surface area contributed by atoms with Gasteiger partial charge in [0, 0.05) is 17.7 Å². The molecule has 0 saturated heterocycles. The monoisotopic (exact) mass is 405 g/mol. The number of carbonyl (C=O) groups is 1. The van der Waals surface area contributed by atoms with E-state index in [9.17, 15) is 18.8 Å². The first-order valence-corrected chi connectivity index (χ1v) is 9.70. The summed E-state index contributed by atoms with van der Waals surface area (Å²) in [5.74, 6) is -2.48. The third-order valence-electron chi connectivity index (χ3n) is 5.68. The molecule has 2 aliphatic rings. The van der Waals surface area contributed by atoms with Gasteiger partial charge < -0.3 is 5.73 Å². The van der Waals surface area contributed by atoms with Crippen LogP contribution in [0.5, 0.6) is 0 Å². The minimum absolute atomic E-state index is 0.0559. The molecular weight excluding hydrogens is 384 g/mol. The smallest absolute Gasteiger partial charge is 0.162 e. The summed E-state index contributed by atoms with van der Waals surface area (Å²) in [5, 5.41) is 9.94. The molecule has 2 aromatic rings. The number of rotatable bonds is 2. The fraction of sp³-hybridized carbons (Fsp3) is 0.250. The highest BCUT2D eigenvalue weighted by atomic mass is 19.1. The molecule has 2 aromatic carbocycles. The summed E-state index contributed by atoms with van der Waals surface area (Å²) >= 11 is 0. The van der Waals surface area contributed by atoms with Gasteiger partial charge in [0.25, 0.3) is 0 Å². The average molecular weight is 405 g/mol. The Hall–Kier alpha value is -3.46. The van der Waals surface area contributed by atoms with Crippen LogP contribution in [0.15, 0.2) is 71.2 Å². The van der Waals surface area contributed by atoms with Gasteiger partial charge in [-0.2, -0.15) is 5.26 Å². The van der Waals surface area contributed by atoms with Crippen molar-refractivity contribution in [2.24, 2.45) is 11.1 Å². The molecule has 4 rings (SSSR count). The second-order valence-corrected chi connectivity index (χ2v) is 8.46. The Kier molecular flexibility index (Phi) is 4.70. The largest absolute Gasteiger partial charge is 0.384 e. The zero-order valence-electron chi connectivity index (χ0n) is 16.7. The Morgan fingerprint density at radius 1 is 1.07 bits per heavy atom. The molecule has 0 unspecified atom stereocenters. The number of carbonyl (C=O) groups excluding carboxylic acids is 1. The number of nitrogens with zero attached hydrogens (tertiary/aromatic N) is 2. The van der Waals surface area contributed by atoms with Crippen LogP contribution in [0.25, 0.3) is 0 Å². The van der Waals surface area contributed by atoms with E-state index in [4.69, 9.17) is 5.73 Å². The standard InChI is InChI=1S/C24H21F2N3O/c1-24(2)11-18-21(19(30)12-24)20(14-7-4-3-5-8-14)15(13-27)23(28)29(18)22-16(25)9-6-10-17(22)26/h3-10,20H,11-12,28H2,1-2H3/t20-/m0/s1. The van der Waals surface area contributed by atoms with Gasteiger partial charge in [0.2, 0.25) is 0 Å². The molecule has 0 aromatic heterocycles. The van der Waals surface area contributed by atoms with Gasteiger partial charge in [-0.25, -0.2) is 8.78 Å². The summed E-state index contributed by atoms with van der Waals surface area (Å²) in [5.41, 5.74) is 7.28. The Labute approximate surface area is 173 Å². The van der Waals surface area contributed by atoms with Crippen LogP contribution in [0, 0.1) is 28.4 Å². The van der Waals surface area contributed by atoms with Crippen molar-refractivity contribution >= 4 is 11.5 Å². The fourth-order valence-corrected chi connectivity index (χ4v) is 4.45. The molecule has 6 heteroatoms. The summed E-state index contributed by atoms with van der Waals surface area (Å²) in [6.45, 7) is 3.86. The van der Waals surface area contributed by atoms with Crippen molar-refractivity contribution in [3.05, 3.63) is 88.4 Å². The highest BCUT2D eigenvalue weighted by Gasteiger charge is 2.45. The maximum absolute atomic E-state index is 14.8. The van der Waals surface area contributed by atoms with Crippen LogP contribution in [-0.2, 0) is 4.79 Å². The van der Waals surface area contributed by atoms with E-state index in [1.165, 1.54) is 11.0 Å². The molecule has 0 spiro atoms. The SMILES string of the molecule is CC1(C)CC(=O)C2=C(C1)N(c1c(F)cccc1F)C(N)=C(C#N)[C@@H]2c1ccccc1. The number of halogens is 2. The molecule has 1 atom stereocenters. The molecule has 0 saturated carbocycles. The second kappa shape index (κ2) is 7.10. The van der Waals surface area contributed by atoms with Gasteiger partial charge in [0.15, 0.2) is 5.78 Å². The average Bonchev–Trinajstić information content (AvgIpc) is 2.68. The predicted molar refractivity (Wildman–Crippen MR) is 110 cm³/mol. The quantitative estimate of drug-likeness (QED) is 0.771. The predicted octanol–water partition coefficient (Wildman–Crippen LogP) is 4.91. The number of nitrogens with two attached hydrogens (primary N) is 1. The van der Waals surface area contributed by atoms with Crippen molar-refractivity contribution in [2.45, 2.75) is 32.6 Å². The van der Waals surface area contributed by atoms with Crippen LogP contribution >= 0.6 is 0 Å². The number of Topliss-reactive ketones (excluding diaryl/α,β-unsaturated/α-hetero) is 1. The molecule has 0 radical (unpaired) electrons. The molecule has 0 amide bonds. The van der Waals surface area contributed by atoms with Gasteiger partial charge in [-0.15, -0.1) is 0 Å². The van der Waals surface area contributed by atoms with E-state index < -0.39 is 23.0 Å². The third-order valence-corrected chi connectivity index (χ3v) is 5.68. The summed E-state index contributed by atoms with van der Waals surface area (Å²) in [7, 11) is 0. The molecule has 0 fully saturated rings. The first kappa shape index (κ1) is 19.8. The van der Waals surface area contributed by atoms with Crippen molar-refractivity contribution in [3.63, 3.8) is 0 Å². The highest BCUT2D eigenvalue weighted by molar-refractivity contribution is 6.01. The molecule has 2 N–H and O–H groups in total. The van der Waals surface area contributed by atoms with E-state index in [-0.39, 0.29) is 29.3 Å². The molecular formula is C24H21F2N3O. The van der Waals surface area contributed by atoms with Crippen molar-refractivity contribution in [3.8, 4) is 6.07 Å². The molecule has 1 heterocycles. The number of benzene rings is 2. The number of hydrogen-bond acceptors (Lipinski definition) is 4. The fourth-order valence-electron chi connectivity index (χ4n) is 4.45. The van der Waals surface area contributed by atoms with Crippen molar-refractivity contribution < 1.29 is 13.6 Å². The number of anilines is 1. The molecule has 1 aliphatic carbocycles. The molecule has 152 valence electrons. The van der Waals surface area contributed by atoms with E-state index in [1.54, 1.807) is 0 Å². The lowest BCUT2D eigenvalue weighted by Gasteiger charge is -2.43. The Balaban J connectivity index is 2.05. The van der Waals surface area contributed by atoms with Crippen molar-refractivity contribution in [1.82, 2.24) is 0 Å². The lowest BCUT2D eigenvalue weighted by Crippen LogP contribution is -2.42. The summed E-state index contributed by atoms with van der Waals surface area (Å²) in [4.78, 5) is 14.5. The lowest BCUT2D eigenvalue weighted by molar-refractivity contribution is -0.118. The van der Waals surface area contributed by atoms with Gasteiger partial charge >= 0.3 is 0 Å². The van der Waals surface area contributed by atoms with Gasteiger partial charge in [-0.3, -0.25) is 9.69 Å². The van der Waals surface area contributed by atoms with E-state index in [0.717, 1.165) is 17.7 Å².